The SMILES string of the molecule is COC(=O)C(Cc1c[nH]c2ccccc12)NC(=O)Cc1ccc2ccccc2c1. The number of benzene rings is 3. The Balaban J connectivity index is 1.49. The van der Waals surface area contributed by atoms with Crippen LogP contribution in [-0.2, 0) is 27.2 Å². The number of amides is 1. The number of aromatic nitrogens is 1. The van der Waals surface area contributed by atoms with Crippen molar-refractivity contribution >= 4 is 33.6 Å². The van der Waals surface area contributed by atoms with E-state index in [2.05, 4.69) is 10.3 Å². The van der Waals surface area contributed by atoms with Crippen LogP contribution in [0.1, 0.15) is 11.1 Å². The van der Waals surface area contributed by atoms with Gasteiger partial charge in [0.05, 0.1) is 13.5 Å². The maximum atomic E-state index is 12.6. The highest BCUT2D eigenvalue weighted by molar-refractivity contribution is 5.89. The van der Waals surface area contributed by atoms with E-state index in [4.69, 9.17) is 4.74 Å². The van der Waals surface area contributed by atoms with Gasteiger partial charge in [0.25, 0.3) is 0 Å². The zero-order valence-electron chi connectivity index (χ0n) is 16.1. The quantitative estimate of drug-likeness (QED) is 0.496. The van der Waals surface area contributed by atoms with Crippen molar-refractivity contribution in [3.8, 4) is 0 Å². The number of aromatic amines is 1. The van der Waals surface area contributed by atoms with Crippen LogP contribution in [0.15, 0.2) is 72.9 Å². The predicted octanol–water partition coefficient (Wildman–Crippen LogP) is 3.76. The van der Waals surface area contributed by atoms with E-state index in [1.54, 1.807) is 0 Å². The van der Waals surface area contributed by atoms with Crippen LogP contribution in [0.4, 0.5) is 0 Å². The van der Waals surface area contributed by atoms with Crippen molar-refractivity contribution in [2.45, 2.75) is 18.9 Å². The summed E-state index contributed by atoms with van der Waals surface area (Å²) in [5.74, 6) is -0.669. The first kappa shape index (κ1) is 18.7. The molecular weight excluding hydrogens is 364 g/mol. The van der Waals surface area contributed by atoms with Gasteiger partial charge in [-0.3, -0.25) is 4.79 Å². The largest absolute Gasteiger partial charge is 0.467 e. The number of carbonyl (C=O) groups is 2. The van der Waals surface area contributed by atoms with Crippen molar-refractivity contribution in [2.24, 2.45) is 0 Å². The molecule has 0 saturated heterocycles. The molecule has 1 aromatic heterocycles. The third-order valence-electron chi connectivity index (χ3n) is 5.10. The molecule has 1 heterocycles. The number of rotatable bonds is 6. The van der Waals surface area contributed by atoms with E-state index in [-0.39, 0.29) is 12.3 Å². The van der Waals surface area contributed by atoms with Crippen LogP contribution in [0.2, 0.25) is 0 Å². The number of esters is 1. The average Bonchev–Trinajstić information content (AvgIpc) is 3.15. The van der Waals surface area contributed by atoms with Crippen LogP contribution < -0.4 is 5.32 Å². The summed E-state index contributed by atoms with van der Waals surface area (Å²) in [6, 6.07) is 21.1. The minimum Gasteiger partial charge on any atom is -0.467 e. The smallest absolute Gasteiger partial charge is 0.328 e. The highest BCUT2D eigenvalue weighted by Crippen LogP contribution is 2.20. The molecule has 1 amide bonds. The Morgan fingerprint density at radius 3 is 2.59 bits per heavy atom. The molecule has 0 aliphatic rings. The van der Waals surface area contributed by atoms with E-state index < -0.39 is 12.0 Å². The van der Waals surface area contributed by atoms with Crippen LogP contribution in [-0.4, -0.2) is 30.0 Å². The summed E-state index contributed by atoms with van der Waals surface area (Å²) in [6.07, 6.45) is 2.43. The van der Waals surface area contributed by atoms with Gasteiger partial charge in [0.2, 0.25) is 5.91 Å². The number of methoxy groups -OCH3 is 1. The molecule has 29 heavy (non-hydrogen) atoms. The molecule has 1 atom stereocenters. The first-order chi connectivity index (χ1) is 14.1. The second-order valence-corrected chi connectivity index (χ2v) is 7.07. The maximum Gasteiger partial charge on any atom is 0.328 e. The molecule has 0 aliphatic heterocycles. The number of carbonyl (C=O) groups excluding carboxylic acids is 2. The standard InChI is InChI=1S/C24H22N2O3/c1-29-24(28)22(14-19-15-25-21-9-5-4-8-20(19)21)26-23(27)13-16-10-11-17-6-2-3-7-18(17)12-16/h2-12,15,22,25H,13-14H2,1H3,(H,26,27). The van der Waals surface area contributed by atoms with Crippen LogP contribution >= 0.6 is 0 Å². The van der Waals surface area contributed by atoms with Crippen molar-refractivity contribution in [3.63, 3.8) is 0 Å². The Morgan fingerprint density at radius 2 is 1.76 bits per heavy atom. The number of hydrogen-bond acceptors (Lipinski definition) is 3. The topological polar surface area (TPSA) is 71.2 Å². The van der Waals surface area contributed by atoms with E-state index in [0.717, 1.165) is 32.8 Å². The lowest BCUT2D eigenvalue weighted by Gasteiger charge is -2.16. The van der Waals surface area contributed by atoms with Gasteiger partial charge >= 0.3 is 5.97 Å². The van der Waals surface area contributed by atoms with Gasteiger partial charge in [-0.05, 0) is 28.0 Å². The lowest BCUT2D eigenvalue weighted by Crippen LogP contribution is -2.43. The van der Waals surface area contributed by atoms with Gasteiger partial charge in [0.15, 0.2) is 0 Å². The Bertz CT molecular complexity index is 1180. The molecule has 0 saturated carbocycles. The summed E-state index contributed by atoms with van der Waals surface area (Å²) < 4.78 is 4.92. The van der Waals surface area contributed by atoms with Gasteiger partial charge in [0.1, 0.15) is 6.04 Å². The van der Waals surface area contributed by atoms with Crippen LogP contribution in [0.5, 0.6) is 0 Å². The molecule has 0 spiro atoms. The molecule has 0 aliphatic carbocycles. The minimum atomic E-state index is -0.743. The Kier molecular flexibility index (Phi) is 5.29. The maximum absolute atomic E-state index is 12.6. The molecule has 0 bridgehead atoms. The molecule has 5 nitrogen and oxygen atoms in total. The molecule has 3 aromatic carbocycles. The normalized spacial score (nSPS) is 12.0. The number of para-hydroxylation sites is 1. The van der Waals surface area contributed by atoms with Crippen molar-refractivity contribution in [1.82, 2.24) is 10.3 Å². The Morgan fingerprint density at radius 1 is 1.00 bits per heavy atom. The zero-order valence-corrected chi connectivity index (χ0v) is 16.1. The number of nitrogens with one attached hydrogen (secondary N) is 2. The second-order valence-electron chi connectivity index (χ2n) is 7.07. The van der Waals surface area contributed by atoms with Crippen LogP contribution in [0.25, 0.3) is 21.7 Å². The fourth-order valence-corrected chi connectivity index (χ4v) is 3.64. The lowest BCUT2D eigenvalue weighted by atomic mass is 10.0. The van der Waals surface area contributed by atoms with E-state index in [1.807, 2.05) is 72.9 Å². The molecule has 2 N–H and O–H groups in total. The predicted molar refractivity (Wildman–Crippen MR) is 114 cm³/mol. The van der Waals surface area contributed by atoms with Gasteiger partial charge in [-0.2, -0.15) is 0 Å². The van der Waals surface area contributed by atoms with Gasteiger partial charge in [-0.25, -0.2) is 4.79 Å². The molecule has 0 radical (unpaired) electrons. The number of hydrogen-bond donors (Lipinski definition) is 2. The molecule has 0 fully saturated rings. The van der Waals surface area contributed by atoms with Gasteiger partial charge in [0, 0.05) is 23.5 Å². The summed E-state index contributed by atoms with van der Waals surface area (Å²) in [6.45, 7) is 0. The molecule has 146 valence electrons. The summed E-state index contributed by atoms with van der Waals surface area (Å²) >= 11 is 0. The zero-order chi connectivity index (χ0) is 20.2. The fraction of sp³-hybridized carbons (Fsp3) is 0.167. The Hall–Kier alpha value is -3.60. The van der Waals surface area contributed by atoms with E-state index in [0.29, 0.717) is 6.42 Å². The van der Waals surface area contributed by atoms with Gasteiger partial charge < -0.3 is 15.0 Å². The van der Waals surface area contributed by atoms with Crippen molar-refractivity contribution in [2.75, 3.05) is 7.11 Å². The van der Waals surface area contributed by atoms with Crippen molar-refractivity contribution < 1.29 is 14.3 Å². The van der Waals surface area contributed by atoms with E-state index >= 15 is 0 Å². The van der Waals surface area contributed by atoms with E-state index in [1.165, 1.54) is 7.11 Å². The molecular formula is C24H22N2O3. The first-order valence-corrected chi connectivity index (χ1v) is 9.54. The van der Waals surface area contributed by atoms with Crippen molar-refractivity contribution in [3.05, 3.63) is 84.1 Å². The third-order valence-corrected chi connectivity index (χ3v) is 5.10. The number of ether oxygens (including phenoxy) is 1. The van der Waals surface area contributed by atoms with Crippen LogP contribution in [0.3, 0.4) is 0 Å². The third kappa shape index (κ3) is 4.14. The summed E-state index contributed by atoms with van der Waals surface area (Å²) in [5.41, 5.74) is 2.85. The highest BCUT2D eigenvalue weighted by atomic mass is 16.5. The monoisotopic (exact) mass is 386 g/mol. The average molecular weight is 386 g/mol. The van der Waals surface area contributed by atoms with Gasteiger partial charge in [-0.15, -0.1) is 0 Å². The lowest BCUT2D eigenvalue weighted by molar-refractivity contribution is -0.145. The molecule has 4 rings (SSSR count). The first-order valence-electron chi connectivity index (χ1n) is 9.54. The minimum absolute atomic E-state index is 0.201. The van der Waals surface area contributed by atoms with Crippen molar-refractivity contribution in [1.29, 1.82) is 0 Å². The second kappa shape index (κ2) is 8.19. The number of H-pyrrole nitrogens is 1. The molecule has 5 heteroatoms. The highest BCUT2D eigenvalue weighted by Gasteiger charge is 2.23. The Labute approximate surface area is 168 Å². The summed E-state index contributed by atoms with van der Waals surface area (Å²) in [5, 5.41) is 6.08. The summed E-state index contributed by atoms with van der Waals surface area (Å²) in [7, 11) is 1.33. The van der Waals surface area contributed by atoms with E-state index in [9.17, 15) is 9.59 Å². The number of fused-ring (bicyclic) bond motifs is 2. The molecule has 4 aromatic rings. The van der Waals surface area contributed by atoms with Gasteiger partial charge in [-0.1, -0.05) is 60.7 Å². The summed E-state index contributed by atoms with van der Waals surface area (Å²) in [4.78, 5) is 28.1. The van der Waals surface area contributed by atoms with Crippen LogP contribution in [0, 0.1) is 0 Å². The molecule has 1 unspecified atom stereocenters. The fourth-order valence-electron chi connectivity index (χ4n) is 3.64.